The van der Waals surface area contributed by atoms with E-state index in [1.807, 2.05) is 24.3 Å². The number of hydrogen-bond acceptors (Lipinski definition) is 0. The lowest BCUT2D eigenvalue weighted by Crippen LogP contribution is -1.95. The van der Waals surface area contributed by atoms with Crippen LogP contribution in [0, 0.1) is 0 Å². The van der Waals surface area contributed by atoms with E-state index in [9.17, 15) is 0 Å². The van der Waals surface area contributed by atoms with Gasteiger partial charge in [0.05, 0.1) is 4.83 Å². The van der Waals surface area contributed by atoms with E-state index >= 15 is 0 Å². The summed E-state index contributed by atoms with van der Waals surface area (Å²) in [6.07, 6.45) is 0. The maximum absolute atomic E-state index is 6.19. The molecule has 5 heteroatoms. The normalized spacial score (nSPS) is 12.5. The average Bonchev–Trinajstić information content (AvgIpc) is 2.31. The van der Waals surface area contributed by atoms with Crippen molar-refractivity contribution >= 4 is 66.7 Å². The van der Waals surface area contributed by atoms with Crippen molar-refractivity contribution in [3.05, 3.63) is 67.1 Å². The standard InChI is InChI=1S/C13H7Br2Cl3/c14-11-6-8(17)1-3-9(11)13(15)10-5-7(16)2-4-12(10)18/h1-6,13H. The van der Waals surface area contributed by atoms with Gasteiger partial charge in [-0.25, -0.2) is 0 Å². The molecule has 0 heterocycles. The molecule has 0 bridgehead atoms. The molecule has 0 fully saturated rings. The van der Waals surface area contributed by atoms with Gasteiger partial charge in [-0.15, -0.1) is 0 Å². The fraction of sp³-hybridized carbons (Fsp3) is 0.0769. The highest BCUT2D eigenvalue weighted by Crippen LogP contribution is 2.40. The molecular weight excluding hydrogens is 422 g/mol. The van der Waals surface area contributed by atoms with Crippen LogP contribution in [0.3, 0.4) is 0 Å². The molecule has 0 saturated heterocycles. The minimum absolute atomic E-state index is 0.0460. The predicted molar refractivity (Wildman–Crippen MR) is 86.4 cm³/mol. The number of rotatable bonds is 2. The first-order valence-corrected chi connectivity index (χ1v) is 7.87. The highest BCUT2D eigenvalue weighted by atomic mass is 79.9. The molecule has 0 amide bonds. The van der Waals surface area contributed by atoms with Gasteiger partial charge in [0, 0.05) is 19.5 Å². The summed E-state index contributed by atoms with van der Waals surface area (Å²) in [6.45, 7) is 0. The molecule has 0 radical (unpaired) electrons. The molecule has 1 unspecified atom stereocenters. The Morgan fingerprint density at radius 2 is 1.44 bits per heavy atom. The van der Waals surface area contributed by atoms with Crippen LogP contribution >= 0.6 is 66.7 Å². The van der Waals surface area contributed by atoms with Crippen LogP contribution in [0.5, 0.6) is 0 Å². The lowest BCUT2D eigenvalue weighted by atomic mass is 10.0. The van der Waals surface area contributed by atoms with Gasteiger partial charge in [-0.05, 0) is 41.5 Å². The molecule has 0 nitrogen and oxygen atoms in total. The summed E-state index contributed by atoms with van der Waals surface area (Å²) in [5.74, 6) is 0. The van der Waals surface area contributed by atoms with E-state index in [1.54, 1.807) is 12.1 Å². The Hall–Kier alpha value is 0.270. The summed E-state index contributed by atoms with van der Waals surface area (Å²) in [5, 5.41) is 2.01. The third-order valence-electron chi connectivity index (χ3n) is 2.47. The summed E-state index contributed by atoms with van der Waals surface area (Å²) in [7, 11) is 0. The van der Waals surface area contributed by atoms with E-state index in [2.05, 4.69) is 31.9 Å². The second kappa shape index (κ2) is 6.15. The summed E-state index contributed by atoms with van der Waals surface area (Å²) in [5.41, 5.74) is 1.97. The molecule has 0 aliphatic rings. The Morgan fingerprint density at radius 1 is 0.833 bits per heavy atom. The van der Waals surface area contributed by atoms with Crippen molar-refractivity contribution < 1.29 is 0 Å². The Labute approximate surface area is 137 Å². The van der Waals surface area contributed by atoms with Crippen LogP contribution in [0.2, 0.25) is 15.1 Å². The van der Waals surface area contributed by atoms with Crippen molar-refractivity contribution in [3.63, 3.8) is 0 Å². The first kappa shape index (κ1) is 14.7. The zero-order valence-electron chi connectivity index (χ0n) is 8.93. The molecule has 1 atom stereocenters. The van der Waals surface area contributed by atoms with Gasteiger partial charge in [0.25, 0.3) is 0 Å². The quantitative estimate of drug-likeness (QED) is 0.456. The number of hydrogen-bond donors (Lipinski definition) is 0. The first-order valence-electron chi connectivity index (χ1n) is 5.03. The smallest absolute Gasteiger partial charge is 0.0670 e. The zero-order valence-corrected chi connectivity index (χ0v) is 14.4. The number of alkyl halides is 1. The Bertz CT molecular complexity index is 584. The Balaban J connectivity index is 2.47. The van der Waals surface area contributed by atoms with Gasteiger partial charge < -0.3 is 0 Å². The van der Waals surface area contributed by atoms with Crippen LogP contribution in [0.1, 0.15) is 16.0 Å². The van der Waals surface area contributed by atoms with Crippen molar-refractivity contribution in [2.45, 2.75) is 4.83 Å². The lowest BCUT2D eigenvalue weighted by molar-refractivity contribution is 1.16. The van der Waals surface area contributed by atoms with E-state index in [1.165, 1.54) is 0 Å². The minimum Gasteiger partial charge on any atom is -0.0843 e. The van der Waals surface area contributed by atoms with Crippen LogP contribution in [0.4, 0.5) is 0 Å². The summed E-state index contributed by atoms with van der Waals surface area (Å²) in [4.78, 5) is -0.0460. The Morgan fingerprint density at radius 3 is 2.11 bits per heavy atom. The highest BCUT2D eigenvalue weighted by Gasteiger charge is 2.17. The van der Waals surface area contributed by atoms with E-state index in [0.717, 1.165) is 15.6 Å². The van der Waals surface area contributed by atoms with Crippen LogP contribution in [0.25, 0.3) is 0 Å². The summed E-state index contributed by atoms with van der Waals surface area (Å²) >= 11 is 25.3. The number of halogens is 5. The second-order valence-electron chi connectivity index (χ2n) is 3.69. The molecule has 0 spiro atoms. The monoisotopic (exact) mass is 426 g/mol. The van der Waals surface area contributed by atoms with Crippen LogP contribution < -0.4 is 0 Å². The summed E-state index contributed by atoms with van der Waals surface area (Å²) in [6, 6.07) is 11.0. The second-order valence-corrected chi connectivity index (χ2v) is 6.74. The fourth-order valence-electron chi connectivity index (χ4n) is 1.58. The molecule has 0 aromatic heterocycles. The zero-order chi connectivity index (χ0) is 13.3. The van der Waals surface area contributed by atoms with E-state index in [4.69, 9.17) is 34.8 Å². The van der Waals surface area contributed by atoms with Crippen LogP contribution in [0.15, 0.2) is 40.9 Å². The molecule has 0 saturated carbocycles. The molecule has 2 rings (SSSR count). The maximum Gasteiger partial charge on any atom is 0.0670 e. The van der Waals surface area contributed by atoms with Gasteiger partial charge in [0.1, 0.15) is 0 Å². The summed E-state index contributed by atoms with van der Waals surface area (Å²) < 4.78 is 0.924. The topological polar surface area (TPSA) is 0 Å². The van der Waals surface area contributed by atoms with Gasteiger partial charge in [0.2, 0.25) is 0 Å². The number of benzene rings is 2. The van der Waals surface area contributed by atoms with Gasteiger partial charge >= 0.3 is 0 Å². The average molecular weight is 429 g/mol. The van der Waals surface area contributed by atoms with Crippen molar-refractivity contribution in [1.29, 1.82) is 0 Å². The molecule has 0 aliphatic carbocycles. The fourth-order valence-corrected chi connectivity index (χ4v) is 4.12. The largest absolute Gasteiger partial charge is 0.0843 e. The van der Waals surface area contributed by atoms with Crippen LogP contribution in [-0.4, -0.2) is 0 Å². The molecule has 2 aromatic rings. The SMILES string of the molecule is Clc1ccc(C(Br)c2cc(Cl)ccc2Cl)c(Br)c1. The van der Waals surface area contributed by atoms with Crippen molar-refractivity contribution in [2.75, 3.05) is 0 Å². The third-order valence-corrected chi connectivity index (χ3v) is 4.95. The first-order chi connectivity index (χ1) is 8.49. The van der Waals surface area contributed by atoms with Crippen LogP contribution in [-0.2, 0) is 0 Å². The van der Waals surface area contributed by atoms with Crippen molar-refractivity contribution in [3.8, 4) is 0 Å². The van der Waals surface area contributed by atoms with Crippen molar-refractivity contribution in [2.24, 2.45) is 0 Å². The highest BCUT2D eigenvalue weighted by molar-refractivity contribution is 9.11. The minimum atomic E-state index is -0.0460. The van der Waals surface area contributed by atoms with E-state index in [-0.39, 0.29) is 4.83 Å². The van der Waals surface area contributed by atoms with Gasteiger partial charge in [-0.3, -0.25) is 0 Å². The van der Waals surface area contributed by atoms with Crippen molar-refractivity contribution in [1.82, 2.24) is 0 Å². The van der Waals surface area contributed by atoms with Gasteiger partial charge in [0.15, 0.2) is 0 Å². The van der Waals surface area contributed by atoms with E-state index < -0.39 is 0 Å². The molecular formula is C13H7Br2Cl3. The Kier molecular flexibility index (Phi) is 5.01. The predicted octanol–water partition coefficient (Wildman–Crippen LogP) is 6.89. The van der Waals surface area contributed by atoms with Gasteiger partial charge in [-0.1, -0.05) is 72.7 Å². The lowest BCUT2D eigenvalue weighted by Gasteiger charge is -2.15. The molecule has 18 heavy (non-hydrogen) atoms. The third kappa shape index (κ3) is 3.23. The van der Waals surface area contributed by atoms with Gasteiger partial charge in [-0.2, -0.15) is 0 Å². The molecule has 0 aliphatic heterocycles. The maximum atomic E-state index is 6.19. The van der Waals surface area contributed by atoms with E-state index in [0.29, 0.717) is 15.1 Å². The molecule has 94 valence electrons. The molecule has 2 aromatic carbocycles. The molecule has 0 N–H and O–H groups in total.